The number of aromatic amines is 1. The standard InChI is InChI=1S/C22H23N5O3/c28-20(23-19-11-16(24-25-19)14-6-2-1-3-7-14)12-27-21(29)13-26-17-9-5-4-8-15(17)10-18(26)22(27)30/h4-5,8-11,14H,1-3,6-7,12-13H2,(H2,23,24,25,28). The van der Waals surface area contributed by atoms with Crippen molar-refractivity contribution in [3.8, 4) is 0 Å². The molecule has 0 atom stereocenters. The van der Waals surface area contributed by atoms with Crippen molar-refractivity contribution in [2.24, 2.45) is 0 Å². The normalized spacial score (nSPS) is 17.4. The average Bonchev–Trinajstić information content (AvgIpc) is 3.37. The molecule has 0 unspecified atom stereocenters. The highest BCUT2D eigenvalue weighted by atomic mass is 16.2. The molecule has 5 rings (SSSR count). The molecule has 3 heterocycles. The molecule has 3 aromatic rings. The third-order valence-corrected chi connectivity index (χ3v) is 6.08. The van der Waals surface area contributed by atoms with Crippen LogP contribution in [0.1, 0.15) is 54.2 Å². The van der Waals surface area contributed by atoms with E-state index in [1.54, 1.807) is 10.6 Å². The van der Waals surface area contributed by atoms with E-state index in [-0.39, 0.29) is 13.1 Å². The van der Waals surface area contributed by atoms with Gasteiger partial charge in [0.2, 0.25) is 11.8 Å². The Hall–Kier alpha value is -3.42. The topological polar surface area (TPSA) is 100 Å². The zero-order valence-electron chi connectivity index (χ0n) is 16.6. The number of hydrogen-bond acceptors (Lipinski definition) is 4. The van der Waals surface area contributed by atoms with E-state index in [0.717, 1.165) is 34.3 Å². The van der Waals surface area contributed by atoms with Gasteiger partial charge in [0, 0.05) is 28.6 Å². The summed E-state index contributed by atoms with van der Waals surface area (Å²) in [4.78, 5) is 39.0. The van der Waals surface area contributed by atoms with Crippen LogP contribution in [0, 0.1) is 0 Å². The van der Waals surface area contributed by atoms with E-state index < -0.39 is 17.7 Å². The molecule has 2 aliphatic rings. The fourth-order valence-corrected chi connectivity index (χ4v) is 4.54. The number of imide groups is 1. The predicted octanol–water partition coefficient (Wildman–Crippen LogP) is 3.03. The summed E-state index contributed by atoms with van der Waals surface area (Å²) in [6.45, 7) is -0.291. The number of benzene rings is 1. The molecule has 154 valence electrons. The molecule has 1 aromatic carbocycles. The van der Waals surface area contributed by atoms with Gasteiger partial charge in [0.15, 0.2) is 5.82 Å². The van der Waals surface area contributed by atoms with Crippen molar-refractivity contribution in [1.82, 2.24) is 19.7 Å². The summed E-state index contributed by atoms with van der Waals surface area (Å²) in [7, 11) is 0. The van der Waals surface area contributed by atoms with Gasteiger partial charge >= 0.3 is 0 Å². The molecule has 1 fully saturated rings. The molecule has 0 spiro atoms. The Bertz CT molecular complexity index is 1140. The first-order chi connectivity index (χ1) is 14.6. The third kappa shape index (κ3) is 3.28. The maximum atomic E-state index is 12.9. The summed E-state index contributed by atoms with van der Waals surface area (Å²) in [6, 6.07) is 11.2. The summed E-state index contributed by atoms with van der Waals surface area (Å²) in [5, 5.41) is 10.8. The van der Waals surface area contributed by atoms with Gasteiger partial charge in [-0.1, -0.05) is 37.5 Å². The van der Waals surface area contributed by atoms with Crippen molar-refractivity contribution in [2.75, 3.05) is 11.9 Å². The first-order valence-electron chi connectivity index (χ1n) is 10.4. The van der Waals surface area contributed by atoms with Gasteiger partial charge in [-0.3, -0.25) is 24.4 Å². The van der Waals surface area contributed by atoms with Gasteiger partial charge in [-0.2, -0.15) is 5.10 Å². The molecule has 2 N–H and O–H groups in total. The Morgan fingerprint density at radius 2 is 1.93 bits per heavy atom. The van der Waals surface area contributed by atoms with Crippen molar-refractivity contribution in [2.45, 2.75) is 44.6 Å². The molecule has 2 aromatic heterocycles. The van der Waals surface area contributed by atoms with Crippen LogP contribution in [0.4, 0.5) is 5.82 Å². The number of amides is 3. The van der Waals surface area contributed by atoms with E-state index in [9.17, 15) is 14.4 Å². The molecule has 1 saturated carbocycles. The summed E-state index contributed by atoms with van der Waals surface area (Å²) in [5.41, 5.74) is 2.28. The Morgan fingerprint density at radius 1 is 1.13 bits per heavy atom. The van der Waals surface area contributed by atoms with Gasteiger partial charge in [-0.25, -0.2) is 0 Å². The van der Waals surface area contributed by atoms with Gasteiger partial charge in [0.25, 0.3) is 5.91 Å². The maximum Gasteiger partial charge on any atom is 0.277 e. The summed E-state index contributed by atoms with van der Waals surface area (Å²) in [5.74, 6) is -0.421. The minimum Gasteiger partial charge on any atom is -0.327 e. The van der Waals surface area contributed by atoms with E-state index in [1.807, 2.05) is 30.3 Å². The molecule has 1 aliphatic carbocycles. The van der Waals surface area contributed by atoms with E-state index in [4.69, 9.17) is 0 Å². The zero-order chi connectivity index (χ0) is 20.7. The zero-order valence-corrected chi connectivity index (χ0v) is 16.6. The molecule has 8 heteroatoms. The smallest absolute Gasteiger partial charge is 0.277 e. The number of H-pyrrole nitrogens is 1. The fraction of sp³-hybridized carbons (Fsp3) is 0.364. The van der Waals surface area contributed by atoms with Crippen LogP contribution in [0.3, 0.4) is 0 Å². The lowest BCUT2D eigenvalue weighted by Gasteiger charge is -2.26. The van der Waals surface area contributed by atoms with Crippen LogP contribution in [-0.2, 0) is 16.1 Å². The van der Waals surface area contributed by atoms with Crippen LogP contribution in [0.5, 0.6) is 0 Å². The lowest BCUT2D eigenvalue weighted by molar-refractivity contribution is -0.133. The third-order valence-electron chi connectivity index (χ3n) is 6.08. The van der Waals surface area contributed by atoms with E-state index in [0.29, 0.717) is 17.4 Å². The average molecular weight is 405 g/mol. The lowest BCUT2D eigenvalue weighted by atomic mass is 9.87. The molecule has 8 nitrogen and oxygen atoms in total. The maximum absolute atomic E-state index is 12.9. The quantitative estimate of drug-likeness (QED) is 0.652. The number of nitrogens with zero attached hydrogens (tertiary/aromatic N) is 3. The van der Waals surface area contributed by atoms with Gasteiger partial charge in [-0.15, -0.1) is 0 Å². The largest absolute Gasteiger partial charge is 0.327 e. The first kappa shape index (κ1) is 18.6. The number of hydrogen-bond donors (Lipinski definition) is 2. The lowest BCUT2D eigenvalue weighted by Crippen LogP contribution is -2.48. The van der Waals surface area contributed by atoms with Crippen LogP contribution in [0.2, 0.25) is 0 Å². The number of carbonyl (C=O) groups is 3. The van der Waals surface area contributed by atoms with Crippen LogP contribution < -0.4 is 5.32 Å². The van der Waals surface area contributed by atoms with Crippen molar-refractivity contribution in [1.29, 1.82) is 0 Å². The van der Waals surface area contributed by atoms with Gasteiger partial charge < -0.3 is 9.88 Å². The van der Waals surface area contributed by atoms with Crippen LogP contribution in [0.25, 0.3) is 10.9 Å². The van der Waals surface area contributed by atoms with Crippen LogP contribution >= 0.6 is 0 Å². The Morgan fingerprint density at radius 3 is 2.77 bits per heavy atom. The van der Waals surface area contributed by atoms with Gasteiger partial charge in [0.05, 0.1) is 0 Å². The minimum atomic E-state index is -0.456. The number of anilines is 1. The molecular weight excluding hydrogens is 382 g/mol. The Kier molecular flexibility index (Phi) is 4.61. The number of rotatable bonds is 4. The molecule has 30 heavy (non-hydrogen) atoms. The van der Waals surface area contributed by atoms with Crippen molar-refractivity contribution in [3.63, 3.8) is 0 Å². The number of aromatic nitrogens is 3. The number of para-hydroxylation sites is 1. The fourth-order valence-electron chi connectivity index (χ4n) is 4.54. The second-order valence-electron chi connectivity index (χ2n) is 8.05. The summed E-state index contributed by atoms with van der Waals surface area (Å²) >= 11 is 0. The summed E-state index contributed by atoms with van der Waals surface area (Å²) < 4.78 is 1.71. The second kappa shape index (κ2) is 7.44. The highest BCUT2D eigenvalue weighted by molar-refractivity contribution is 6.11. The monoisotopic (exact) mass is 405 g/mol. The van der Waals surface area contributed by atoms with E-state index >= 15 is 0 Å². The molecule has 0 saturated heterocycles. The van der Waals surface area contributed by atoms with Crippen LogP contribution in [0.15, 0.2) is 36.4 Å². The second-order valence-corrected chi connectivity index (χ2v) is 8.05. The SMILES string of the molecule is O=C(CN1C(=O)Cn2c(cc3ccccc32)C1=O)Nc1cc(C2CCCCC2)[nH]n1. The first-order valence-corrected chi connectivity index (χ1v) is 10.4. The van der Waals surface area contributed by atoms with Crippen molar-refractivity contribution in [3.05, 3.63) is 47.8 Å². The van der Waals surface area contributed by atoms with Crippen molar-refractivity contribution >= 4 is 34.4 Å². The molecule has 0 bridgehead atoms. The number of carbonyl (C=O) groups excluding carboxylic acids is 3. The van der Waals surface area contributed by atoms with Gasteiger partial charge in [0.1, 0.15) is 18.8 Å². The van der Waals surface area contributed by atoms with Gasteiger partial charge in [-0.05, 0) is 25.0 Å². The molecule has 3 amide bonds. The molecular formula is C22H23N5O3. The Balaban J connectivity index is 1.28. The number of fused-ring (bicyclic) bond motifs is 3. The van der Waals surface area contributed by atoms with E-state index in [1.165, 1.54) is 19.3 Å². The molecule has 0 radical (unpaired) electrons. The highest BCUT2D eigenvalue weighted by Crippen LogP contribution is 2.32. The molecule has 1 aliphatic heterocycles. The predicted molar refractivity (Wildman–Crippen MR) is 111 cm³/mol. The summed E-state index contributed by atoms with van der Waals surface area (Å²) in [6.07, 6.45) is 5.94. The van der Waals surface area contributed by atoms with E-state index in [2.05, 4.69) is 15.5 Å². The minimum absolute atomic E-state index is 0.0378. The van der Waals surface area contributed by atoms with Crippen molar-refractivity contribution < 1.29 is 14.4 Å². The van der Waals surface area contributed by atoms with Crippen LogP contribution in [-0.4, -0.2) is 43.9 Å². The number of nitrogens with one attached hydrogen (secondary N) is 2. The Labute approximate surface area is 173 Å². The highest BCUT2D eigenvalue weighted by Gasteiger charge is 2.33.